The molecule has 0 radical (unpaired) electrons. The van der Waals surface area contributed by atoms with E-state index in [1.54, 1.807) is 18.3 Å². The van der Waals surface area contributed by atoms with E-state index >= 15 is 0 Å². The number of para-hydroxylation sites is 1. The van der Waals surface area contributed by atoms with Crippen LogP contribution in [0.25, 0.3) is 23.2 Å². The molecule has 0 atom stereocenters. The van der Waals surface area contributed by atoms with E-state index in [1.165, 1.54) is 0 Å². The average Bonchev–Trinajstić information content (AvgIpc) is 3.31. The van der Waals surface area contributed by atoms with Crippen LogP contribution in [0.1, 0.15) is 5.76 Å². The van der Waals surface area contributed by atoms with Crippen LogP contribution in [0, 0.1) is 0 Å². The second-order valence-electron chi connectivity index (χ2n) is 5.11. The molecule has 6 nitrogen and oxygen atoms in total. The van der Waals surface area contributed by atoms with Crippen molar-refractivity contribution in [3.63, 3.8) is 0 Å². The maximum Gasteiger partial charge on any atom is 0.283 e. The molecule has 1 aromatic carbocycles. The molecule has 25 heavy (non-hydrogen) atoms. The lowest BCUT2D eigenvalue weighted by atomic mass is 10.3. The van der Waals surface area contributed by atoms with E-state index in [4.69, 9.17) is 13.6 Å². The van der Waals surface area contributed by atoms with Gasteiger partial charge in [-0.25, -0.2) is 0 Å². The Morgan fingerprint density at radius 3 is 2.56 bits per heavy atom. The number of halogens is 1. The molecular formula is C18H12BrN3O3. The van der Waals surface area contributed by atoms with Crippen LogP contribution in [0.2, 0.25) is 0 Å². The van der Waals surface area contributed by atoms with E-state index in [-0.39, 0.29) is 0 Å². The topological polar surface area (TPSA) is 74.2 Å². The van der Waals surface area contributed by atoms with Crippen molar-refractivity contribution in [1.82, 2.24) is 15.2 Å². The molecule has 0 aliphatic carbocycles. The van der Waals surface area contributed by atoms with Gasteiger partial charge in [0.1, 0.15) is 23.8 Å². The molecule has 0 aliphatic heterocycles. The summed E-state index contributed by atoms with van der Waals surface area (Å²) in [6.45, 7) is 0.295. The van der Waals surface area contributed by atoms with Gasteiger partial charge in [-0.15, -0.1) is 10.2 Å². The molecule has 0 N–H and O–H groups in total. The summed E-state index contributed by atoms with van der Waals surface area (Å²) in [7, 11) is 0. The van der Waals surface area contributed by atoms with E-state index in [2.05, 4.69) is 31.1 Å². The third-order valence-electron chi connectivity index (χ3n) is 3.39. The summed E-state index contributed by atoms with van der Waals surface area (Å²) in [4.78, 5) is 4.18. The summed E-state index contributed by atoms with van der Waals surface area (Å²) < 4.78 is 18.0. The lowest BCUT2D eigenvalue weighted by Crippen LogP contribution is -1.94. The number of ether oxygens (including phenoxy) is 1. The van der Waals surface area contributed by atoms with Crippen molar-refractivity contribution < 1.29 is 13.6 Å². The van der Waals surface area contributed by atoms with Crippen LogP contribution < -0.4 is 4.74 Å². The SMILES string of the molecule is Brc1ccccc1OCc1ccc(-c2nnc(-c3ccccn3)o2)o1. The fourth-order valence-electron chi connectivity index (χ4n) is 2.20. The quantitative estimate of drug-likeness (QED) is 0.484. The summed E-state index contributed by atoms with van der Waals surface area (Å²) in [5.74, 6) is 2.53. The van der Waals surface area contributed by atoms with Crippen LogP contribution in [0.5, 0.6) is 5.75 Å². The Labute approximate surface area is 151 Å². The molecule has 0 saturated carbocycles. The molecule has 7 heteroatoms. The number of pyridine rings is 1. The van der Waals surface area contributed by atoms with Gasteiger partial charge in [0.2, 0.25) is 0 Å². The van der Waals surface area contributed by atoms with Gasteiger partial charge in [-0.05, 0) is 52.3 Å². The zero-order valence-electron chi connectivity index (χ0n) is 12.9. The molecule has 3 aromatic heterocycles. The van der Waals surface area contributed by atoms with Crippen molar-refractivity contribution in [3.8, 4) is 29.0 Å². The van der Waals surface area contributed by atoms with Crippen LogP contribution in [-0.4, -0.2) is 15.2 Å². The lowest BCUT2D eigenvalue weighted by molar-refractivity contribution is 0.269. The van der Waals surface area contributed by atoms with Crippen LogP contribution in [-0.2, 0) is 6.61 Å². The number of benzene rings is 1. The van der Waals surface area contributed by atoms with E-state index in [1.807, 2.05) is 42.5 Å². The minimum atomic E-state index is 0.295. The van der Waals surface area contributed by atoms with Crippen molar-refractivity contribution in [2.75, 3.05) is 0 Å². The predicted molar refractivity (Wildman–Crippen MR) is 93.7 cm³/mol. The van der Waals surface area contributed by atoms with Gasteiger partial charge in [0.05, 0.1) is 4.47 Å². The zero-order valence-corrected chi connectivity index (χ0v) is 14.5. The Morgan fingerprint density at radius 1 is 0.880 bits per heavy atom. The fourth-order valence-corrected chi connectivity index (χ4v) is 2.60. The van der Waals surface area contributed by atoms with Gasteiger partial charge in [-0.2, -0.15) is 0 Å². The summed E-state index contributed by atoms with van der Waals surface area (Å²) in [6, 6.07) is 16.7. The molecule has 3 heterocycles. The fraction of sp³-hybridized carbons (Fsp3) is 0.0556. The normalized spacial score (nSPS) is 10.8. The van der Waals surface area contributed by atoms with Crippen LogP contribution in [0.4, 0.5) is 0 Å². The molecule has 0 aliphatic rings. The highest BCUT2D eigenvalue weighted by molar-refractivity contribution is 9.10. The van der Waals surface area contributed by atoms with Crippen molar-refractivity contribution in [3.05, 3.63) is 71.0 Å². The minimum Gasteiger partial charge on any atom is -0.484 e. The predicted octanol–water partition coefficient (Wildman–Crippen LogP) is 4.73. The average molecular weight is 398 g/mol. The van der Waals surface area contributed by atoms with Crippen molar-refractivity contribution in [1.29, 1.82) is 0 Å². The summed E-state index contributed by atoms with van der Waals surface area (Å²) in [5.41, 5.74) is 0.616. The number of hydrogen-bond acceptors (Lipinski definition) is 6. The molecule has 4 rings (SSSR count). The third kappa shape index (κ3) is 3.46. The standard InChI is InChI=1S/C18H12BrN3O3/c19-13-5-1-2-7-15(13)23-11-12-8-9-16(24-12)18-22-21-17(25-18)14-6-3-4-10-20-14/h1-10H,11H2. The number of aromatic nitrogens is 3. The first-order valence-electron chi connectivity index (χ1n) is 7.51. The Hall–Kier alpha value is -2.93. The molecule has 124 valence electrons. The highest BCUT2D eigenvalue weighted by Crippen LogP contribution is 2.27. The van der Waals surface area contributed by atoms with Crippen LogP contribution >= 0.6 is 15.9 Å². The Balaban J connectivity index is 1.48. The van der Waals surface area contributed by atoms with E-state index < -0.39 is 0 Å². The van der Waals surface area contributed by atoms with Gasteiger partial charge in [0.15, 0.2) is 5.76 Å². The molecule has 0 unspecified atom stereocenters. The van der Waals surface area contributed by atoms with Crippen molar-refractivity contribution in [2.24, 2.45) is 0 Å². The van der Waals surface area contributed by atoms with Gasteiger partial charge in [0, 0.05) is 6.20 Å². The van der Waals surface area contributed by atoms with Gasteiger partial charge < -0.3 is 13.6 Å². The highest BCUT2D eigenvalue weighted by atomic mass is 79.9. The first kappa shape index (κ1) is 15.6. The zero-order chi connectivity index (χ0) is 17.1. The Kier molecular flexibility index (Phi) is 4.30. The largest absolute Gasteiger partial charge is 0.484 e. The van der Waals surface area contributed by atoms with Crippen LogP contribution in [0.3, 0.4) is 0 Å². The number of nitrogens with zero attached hydrogens (tertiary/aromatic N) is 3. The summed E-state index contributed by atoms with van der Waals surface area (Å²) >= 11 is 3.44. The Morgan fingerprint density at radius 2 is 1.72 bits per heavy atom. The molecule has 4 aromatic rings. The van der Waals surface area contributed by atoms with Gasteiger partial charge in [-0.3, -0.25) is 4.98 Å². The second kappa shape index (κ2) is 6.90. The molecule has 0 amide bonds. The molecule has 0 fully saturated rings. The maximum absolute atomic E-state index is 5.73. The molecule has 0 spiro atoms. The van der Waals surface area contributed by atoms with E-state index in [9.17, 15) is 0 Å². The first-order chi connectivity index (χ1) is 12.3. The monoisotopic (exact) mass is 397 g/mol. The molecule has 0 bridgehead atoms. The van der Waals surface area contributed by atoms with Crippen LogP contribution in [0.15, 0.2) is 74.1 Å². The first-order valence-corrected chi connectivity index (χ1v) is 8.30. The van der Waals surface area contributed by atoms with E-state index in [0.29, 0.717) is 35.6 Å². The van der Waals surface area contributed by atoms with E-state index in [0.717, 1.165) is 10.2 Å². The third-order valence-corrected chi connectivity index (χ3v) is 4.04. The smallest absolute Gasteiger partial charge is 0.283 e. The summed E-state index contributed by atoms with van der Waals surface area (Å²) in [6.07, 6.45) is 1.67. The Bertz CT molecular complexity index is 982. The minimum absolute atomic E-state index is 0.295. The summed E-state index contributed by atoms with van der Waals surface area (Å²) in [5, 5.41) is 8.01. The van der Waals surface area contributed by atoms with Crippen molar-refractivity contribution in [2.45, 2.75) is 6.61 Å². The van der Waals surface area contributed by atoms with Gasteiger partial charge in [-0.1, -0.05) is 18.2 Å². The molecule has 0 saturated heterocycles. The highest BCUT2D eigenvalue weighted by Gasteiger charge is 2.15. The molecular weight excluding hydrogens is 386 g/mol. The number of furan rings is 1. The van der Waals surface area contributed by atoms with Crippen molar-refractivity contribution >= 4 is 15.9 Å². The van der Waals surface area contributed by atoms with Gasteiger partial charge >= 0.3 is 0 Å². The van der Waals surface area contributed by atoms with Gasteiger partial charge in [0.25, 0.3) is 11.8 Å². The lowest BCUT2D eigenvalue weighted by Gasteiger charge is -2.05. The number of hydrogen-bond donors (Lipinski definition) is 0. The maximum atomic E-state index is 5.73. The second-order valence-corrected chi connectivity index (χ2v) is 5.97. The number of rotatable bonds is 5.